The summed E-state index contributed by atoms with van der Waals surface area (Å²) in [5.74, 6) is 2.49. The van der Waals surface area contributed by atoms with Crippen molar-refractivity contribution in [2.75, 3.05) is 40.0 Å². The Morgan fingerprint density at radius 3 is 2.70 bits per heavy atom. The lowest BCUT2D eigenvalue weighted by Gasteiger charge is -2.35. The largest absolute Gasteiger partial charge is 0.454 e. The lowest BCUT2D eigenvalue weighted by molar-refractivity contribution is 0.114. The molecule has 122 valence electrons. The highest BCUT2D eigenvalue weighted by Gasteiger charge is 2.25. The molecular formula is C16H21N5O2. The Morgan fingerprint density at radius 1 is 1.09 bits per heavy atom. The molecule has 0 radical (unpaired) electrons. The molecule has 7 nitrogen and oxygen atoms in total. The van der Waals surface area contributed by atoms with Gasteiger partial charge in [-0.05, 0) is 26.1 Å². The lowest BCUT2D eigenvalue weighted by atomic mass is 10.2. The number of hydrogen-bond acceptors (Lipinski definition) is 6. The molecule has 1 unspecified atom stereocenters. The number of benzene rings is 1. The second kappa shape index (κ2) is 5.82. The molecule has 7 heteroatoms. The molecule has 0 bridgehead atoms. The van der Waals surface area contributed by atoms with Crippen LogP contribution in [0, 0.1) is 0 Å². The zero-order valence-corrected chi connectivity index (χ0v) is 13.5. The van der Waals surface area contributed by atoms with Gasteiger partial charge in [0.05, 0.1) is 11.7 Å². The Morgan fingerprint density at radius 2 is 1.87 bits per heavy atom. The van der Waals surface area contributed by atoms with Gasteiger partial charge in [0.1, 0.15) is 12.2 Å². The first-order valence-electron chi connectivity index (χ1n) is 7.95. The fraction of sp³-hybridized carbons (Fsp3) is 0.500. The fourth-order valence-corrected chi connectivity index (χ4v) is 3.12. The molecular weight excluding hydrogens is 294 g/mol. The molecule has 0 spiro atoms. The molecule has 1 fully saturated rings. The van der Waals surface area contributed by atoms with Crippen LogP contribution in [0.1, 0.15) is 18.8 Å². The molecule has 1 aromatic heterocycles. The van der Waals surface area contributed by atoms with Gasteiger partial charge < -0.3 is 14.4 Å². The Bertz CT molecular complexity index is 694. The molecule has 1 saturated heterocycles. The van der Waals surface area contributed by atoms with E-state index in [-0.39, 0.29) is 12.8 Å². The summed E-state index contributed by atoms with van der Waals surface area (Å²) in [5.41, 5.74) is 0.947. The van der Waals surface area contributed by atoms with Crippen molar-refractivity contribution in [3.8, 4) is 17.2 Å². The van der Waals surface area contributed by atoms with E-state index in [2.05, 4.69) is 33.9 Å². The van der Waals surface area contributed by atoms with Gasteiger partial charge in [-0.1, -0.05) is 0 Å². The van der Waals surface area contributed by atoms with E-state index in [0.29, 0.717) is 0 Å². The second-order valence-corrected chi connectivity index (χ2v) is 6.08. The van der Waals surface area contributed by atoms with Gasteiger partial charge in [-0.2, -0.15) is 5.10 Å². The summed E-state index contributed by atoms with van der Waals surface area (Å²) < 4.78 is 12.7. The van der Waals surface area contributed by atoms with Crippen molar-refractivity contribution in [3.63, 3.8) is 0 Å². The van der Waals surface area contributed by atoms with Crippen molar-refractivity contribution in [2.45, 2.75) is 13.0 Å². The maximum absolute atomic E-state index is 5.47. The minimum absolute atomic E-state index is 0.219. The third kappa shape index (κ3) is 2.66. The van der Waals surface area contributed by atoms with E-state index in [1.54, 1.807) is 6.33 Å². The van der Waals surface area contributed by atoms with Gasteiger partial charge >= 0.3 is 0 Å². The van der Waals surface area contributed by atoms with Crippen LogP contribution in [0.25, 0.3) is 5.69 Å². The predicted molar refractivity (Wildman–Crippen MR) is 85.0 cm³/mol. The topological polar surface area (TPSA) is 55.7 Å². The summed E-state index contributed by atoms with van der Waals surface area (Å²) in [7, 11) is 2.16. The number of hydrogen-bond donors (Lipinski definition) is 0. The zero-order valence-electron chi connectivity index (χ0n) is 13.5. The maximum Gasteiger partial charge on any atom is 0.231 e. The van der Waals surface area contributed by atoms with E-state index < -0.39 is 0 Å². The molecule has 4 rings (SSSR count). The summed E-state index contributed by atoms with van der Waals surface area (Å²) in [4.78, 5) is 9.31. The Labute approximate surface area is 135 Å². The summed E-state index contributed by atoms with van der Waals surface area (Å²) >= 11 is 0. The second-order valence-electron chi connectivity index (χ2n) is 6.08. The van der Waals surface area contributed by atoms with Crippen LogP contribution in [0.15, 0.2) is 24.5 Å². The van der Waals surface area contributed by atoms with Crippen molar-refractivity contribution in [1.82, 2.24) is 24.6 Å². The highest BCUT2D eigenvalue weighted by molar-refractivity contribution is 5.50. The monoisotopic (exact) mass is 315 g/mol. The lowest BCUT2D eigenvalue weighted by Crippen LogP contribution is -2.45. The van der Waals surface area contributed by atoms with Crippen LogP contribution in [-0.2, 0) is 0 Å². The number of rotatable bonds is 3. The molecule has 0 amide bonds. The number of likely N-dealkylation sites (N-methyl/N-ethyl adjacent to an activating group) is 1. The third-order valence-corrected chi connectivity index (χ3v) is 4.63. The van der Waals surface area contributed by atoms with E-state index in [0.717, 1.165) is 49.2 Å². The highest BCUT2D eigenvalue weighted by atomic mass is 16.7. The van der Waals surface area contributed by atoms with Crippen molar-refractivity contribution in [1.29, 1.82) is 0 Å². The first-order chi connectivity index (χ1) is 11.2. The van der Waals surface area contributed by atoms with Gasteiger partial charge in [0.2, 0.25) is 6.79 Å². The first kappa shape index (κ1) is 14.5. The van der Waals surface area contributed by atoms with Crippen LogP contribution < -0.4 is 9.47 Å². The zero-order chi connectivity index (χ0) is 15.8. The van der Waals surface area contributed by atoms with E-state index in [9.17, 15) is 0 Å². The molecule has 3 heterocycles. The number of piperazine rings is 1. The number of ether oxygens (including phenoxy) is 2. The average Bonchev–Trinajstić information content (AvgIpc) is 3.23. The Balaban J connectivity index is 1.61. The summed E-state index contributed by atoms with van der Waals surface area (Å²) in [6, 6.07) is 6.08. The molecule has 1 aromatic carbocycles. The standard InChI is InChI=1S/C16H21N5O2/c1-12(20-7-5-19(2)6-8-20)16-17-10-18-21(16)13-3-4-14-15(9-13)23-11-22-14/h3-4,9-10,12H,5-8,11H2,1-2H3. The summed E-state index contributed by atoms with van der Waals surface area (Å²) in [5, 5.41) is 4.41. The Kier molecular flexibility index (Phi) is 3.66. The van der Waals surface area contributed by atoms with Crippen molar-refractivity contribution >= 4 is 0 Å². The fourth-order valence-electron chi connectivity index (χ4n) is 3.12. The molecule has 2 aliphatic rings. The number of aromatic nitrogens is 3. The molecule has 0 N–H and O–H groups in total. The van der Waals surface area contributed by atoms with E-state index in [1.165, 1.54) is 0 Å². The van der Waals surface area contributed by atoms with E-state index >= 15 is 0 Å². The van der Waals surface area contributed by atoms with Gasteiger partial charge in [0.25, 0.3) is 0 Å². The van der Waals surface area contributed by atoms with Crippen LogP contribution in [-0.4, -0.2) is 64.6 Å². The molecule has 0 saturated carbocycles. The predicted octanol–water partition coefficient (Wildman–Crippen LogP) is 1.30. The van der Waals surface area contributed by atoms with Crippen molar-refractivity contribution in [2.24, 2.45) is 0 Å². The van der Waals surface area contributed by atoms with Gasteiger partial charge in [0, 0.05) is 32.2 Å². The quantitative estimate of drug-likeness (QED) is 0.851. The third-order valence-electron chi connectivity index (χ3n) is 4.63. The van der Waals surface area contributed by atoms with Crippen LogP contribution in [0.4, 0.5) is 0 Å². The van der Waals surface area contributed by atoms with Crippen molar-refractivity contribution < 1.29 is 9.47 Å². The minimum atomic E-state index is 0.219. The maximum atomic E-state index is 5.47. The van der Waals surface area contributed by atoms with Gasteiger partial charge in [-0.25, -0.2) is 9.67 Å². The van der Waals surface area contributed by atoms with Crippen LogP contribution >= 0.6 is 0 Å². The van der Waals surface area contributed by atoms with E-state index in [1.807, 2.05) is 22.9 Å². The molecule has 0 aliphatic carbocycles. The smallest absolute Gasteiger partial charge is 0.231 e. The Hall–Kier alpha value is -2.12. The first-order valence-corrected chi connectivity index (χ1v) is 7.95. The SMILES string of the molecule is CC(c1ncnn1-c1ccc2c(c1)OCO2)N1CCN(C)CC1. The van der Waals surface area contributed by atoms with Crippen LogP contribution in [0.2, 0.25) is 0 Å². The molecule has 1 atom stereocenters. The number of nitrogens with zero attached hydrogens (tertiary/aromatic N) is 5. The summed E-state index contributed by atoms with van der Waals surface area (Å²) in [6.07, 6.45) is 1.62. The normalized spacial score (nSPS) is 19.9. The highest BCUT2D eigenvalue weighted by Crippen LogP contribution is 2.34. The molecule has 2 aromatic rings. The van der Waals surface area contributed by atoms with Crippen LogP contribution in [0.5, 0.6) is 11.5 Å². The van der Waals surface area contributed by atoms with Gasteiger partial charge in [0.15, 0.2) is 11.5 Å². The van der Waals surface area contributed by atoms with E-state index in [4.69, 9.17) is 9.47 Å². The number of fused-ring (bicyclic) bond motifs is 1. The molecule has 23 heavy (non-hydrogen) atoms. The van der Waals surface area contributed by atoms with Crippen molar-refractivity contribution in [3.05, 3.63) is 30.4 Å². The summed E-state index contributed by atoms with van der Waals surface area (Å²) in [6.45, 7) is 6.74. The van der Waals surface area contributed by atoms with Crippen LogP contribution in [0.3, 0.4) is 0 Å². The van der Waals surface area contributed by atoms with Gasteiger partial charge in [-0.15, -0.1) is 0 Å². The van der Waals surface area contributed by atoms with Gasteiger partial charge in [-0.3, -0.25) is 4.90 Å². The average molecular weight is 315 g/mol. The molecule has 2 aliphatic heterocycles. The minimum Gasteiger partial charge on any atom is -0.454 e.